The van der Waals surface area contributed by atoms with E-state index in [1.165, 1.54) is 16.3 Å². The minimum Gasteiger partial charge on any atom is -0.373 e. The number of hydrogen-bond donors (Lipinski definition) is 2. The van der Waals surface area contributed by atoms with Gasteiger partial charge in [0, 0.05) is 26.1 Å². The minimum absolute atomic E-state index is 0.237. The molecule has 2 N–H and O–H groups in total. The first kappa shape index (κ1) is 13.6. The molecule has 0 unspecified atom stereocenters. The summed E-state index contributed by atoms with van der Waals surface area (Å²) in [5.41, 5.74) is 0.707. The van der Waals surface area contributed by atoms with Crippen LogP contribution < -0.4 is 11.0 Å². The zero-order chi connectivity index (χ0) is 14.0. The van der Waals surface area contributed by atoms with Crippen molar-refractivity contribution in [3.8, 4) is 0 Å². The van der Waals surface area contributed by atoms with Gasteiger partial charge in [0.2, 0.25) is 0 Å². The van der Waals surface area contributed by atoms with Crippen LogP contribution in [0.4, 0.5) is 5.82 Å². The van der Waals surface area contributed by atoms with E-state index in [9.17, 15) is 4.79 Å². The number of aryl methyl sites for hydroxylation is 1. The molecule has 2 aromatic heterocycles. The van der Waals surface area contributed by atoms with Crippen LogP contribution in [0.15, 0.2) is 15.0 Å². The van der Waals surface area contributed by atoms with Gasteiger partial charge in [-0.3, -0.25) is 4.57 Å². The molecular formula is C11H16N6OS. The number of aromatic amines is 1. The number of hydrogen-bond acceptors (Lipinski definition) is 6. The van der Waals surface area contributed by atoms with Crippen molar-refractivity contribution in [2.75, 3.05) is 12.4 Å². The molecular weight excluding hydrogens is 264 g/mol. The van der Waals surface area contributed by atoms with Crippen molar-refractivity contribution < 1.29 is 0 Å². The molecule has 102 valence electrons. The molecule has 0 radical (unpaired) electrons. The van der Waals surface area contributed by atoms with E-state index in [0.29, 0.717) is 5.16 Å². The van der Waals surface area contributed by atoms with E-state index in [0.717, 1.165) is 28.7 Å². The van der Waals surface area contributed by atoms with Crippen molar-refractivity contribution in [3.63, 3.8) is 0 Å². The predicted octanol–water partition coefficient (Wildman–Crippen LogP) is 0.962. The topological polar surface area (TPSA) is 88.5 Å². The van der Waals surface area contributed by atoms with E-state index in [-0.39, 0.29) is 5.69 Å². The second-order valence-corrected chi connectivity index (χ2v) is 4.95. The maximum Gasteiger partial charge on any atom is 0.343 e. The van der Waals surface area contributed by atoms with Crippen LogP contribution in [-0.2, 0) is 13.5 Å². The molecule has 0 amide bonds. The fraction of sp³-hybridized carbons (Fsp3) is 0.455. The molecule has 0 saturated carbocycles. The lowest BCUT2D eigenvalue weighted by Gasteiger charge is -2.10. The number of nitrogens with zero attached hydrogens (tertiary/aromatic N) is 4. The fourth-order valence-corrected chi connectivity index (χ4v) is 2.44. The molecule has 2 rings (SSSR count). The lowest BCUT2D eigenvalue weighted by atomic mass is 10.3. The van der Waals surface area contributed by atoms with Crippen molar-refractivity contribution in [2.24, 2.45) is 7.05 Å². The summed E-state index contributed by atoms with van der Waals surface area (Å²) in [5.74, 6) is 1.56. The third kappa shape index (κ3) is 2.62. The summed E-state index contributed by atoms with van der Waals surface area (Å²) in [6.45, 7) is 3.95. The van der Waals surface area contributed by atoms with Crippen LogP contribution >= 0.6 is 11.8 Å². The fourth-order valence-electron chi connectivity index (χ4n) is 1.55. The van der Waals surface area contributed by atoms with Gasteiger partial charge in [-0.2, -0.15) is 0 Å². The van der Waals surface area contributed by atoms with Crippen LogP contribution in [0.3, 0.4) is 0 Å². The van der Waals surface area contributed by atoms with E-state index in [1.54, 1.807) is 7.05 Å². The Morgan fingerprint density at radius 2 is 2.16 bits per heavy atom. The van der Waals surface area contributed by atoms with Crippen LogP contribution in [0.2, 0.25) is 0 Å². The summed E-state index contributed by atoms with van der Waals surface area (Å²) >= 11 is 1.35. The van der Waals surface area contributed by atoms with Gasteiger partial charge in [-0.05, 0) is 18.7 Å². The third-order valence-corrected chi connectivity index (χ3v) is 3.87. The molecule has 7 nitrogen and oxygen atoms in total. The molecule has 19 heavy (non-hydrogen) atoms. The molecule has 0 atom stereocenters. The standard InChI is InChI=1S/C11H16N6OS/c1-5-7-13-8(12-3)6(2)9(14-7)19-11-16-15-10(18)17(11)4/h5H2,1-4H3,(H,15,18)(H,12,13,14). The van der Waals surface area contributed by atoms with E-state index in [4.69, 9.17) is 0 Å². The Bertz CT molecular complexity index is 647. The molecule has 0 aliphatic heterocycles. The number of nitrogens with one attached hydrogen (secondary N) is 2. The molecule has 0 aromatic carbocycles. The Morgan fingerprint density at radius 3 is 2.68 bits per heavy atom. The smallest absolute Gasteiger partial charge is 0.343 e. The second kappa shape index (κ2) is 5.43. The first-order chi connectivity index (χ1) is 9.06. The van der Waals surface area contributed by atoms with E-state index in [1.807, 2.05) is 20.9 Å². The second-order valence-electron chi connectivity index (χ2n) is 3.99. The van der Waals surface area contributed by atoms with Gasteiger partial charge < -0.3 is 5.32 Å². The molecule has 0 aliphatic rings. The monoisotopic (exact) mass is 280 g/mol. The zero-order valence-corrected chi connectivity index (χ0v) is 12.1. The summed E-state index contributed by atoms with van der Waals surface area (Å²) in [4.78, 5) is 20.2. The zero-order valence-electron chi connectivity index (χ0n) is 11.3. The summed E-state index contributed by atoms with van der Waals surface area (Å²) in [6, 6.07) is 0. The SMILES string of the molecule is CCc1nc(NC)c(C)c(Sc2n[nH]c(=O)n2C)n1. The number of aromatic nitrogens is 5. The summed E-state index contributed by atoms with van der Waals surface area (Å²) < 4.78 is 1.46. The van der Waals surface area contributed by atoms with Gasteiger partial charge in [-0.15, -0.1) is 5.10 Å². The van der Waals surface area contributed by atoms with Crippen LogP contribution in [0, 0.1) is 6.92 Å². The molecule has 0 spiro atoms. The number of rotatable bonds is 4. The highest BCUT2D eigenvalue weighted by molar-refractivity contribution is 7.99. The van der Waals surface area contributed by atoms with E-state index in [2.05, 4.69) is 25.5 Å². The van der Waals surface area contributed by atoms with Crippen molar-refractivity contribution in [3.05, 3.63) is 21.9 Å². The van der Waals surface area contributed by atoms with Gasteiger partial charge in [0.25, 0.3) is 0 Å². The third-order valence-electron chi connectivity index (χ3n) is 2.73. The first-order valence-corrected chi connectivity index (χ1v) is 6.73. The van der Waals surface area contributed by atoms with Gasteiger partial charge in [0.1, 0.15) is 16.7 Å². The Morgan fingerprint density at radius 1 is 1.42 bits per heavy atom. The Hall–Kier alpha value is -1.83. The number of H-pyrrole nitrogens is 1. The largest absolute Gasteiger partial charge is 0.373 e. The Labute approximate surface area is 114 Å². The highest BCUT2D eigenvalue weighted by atomic mass is 32.2. The summed E-state index contributed by atoms with van der Waals surface area (Å²) in [6.07, 6.45) is 0.752. The quantitative estimate of drug-likeness (QED) is 0.811. The minimum atomic E-state index is -0.237. The van der Waals surface area contributed by atoms with Crippen LogP contribution in [0.1, 0.15) is 18.3 Å². The highest BCUT2D eigenvalue weighted by Crippen LogP contribution is 2.29. The molecule has 2 heterocycles. The van der Waals surface area contributed by atoms with Gasteiger partial charge in [0.15, 0.2) is 5.16 Å². The molecule has 0 fully saturated rings. The lowest BCUT2D eigenvalue weighted by molar-refractivity contribution is 0.762. The lowest BCUT2D eigenvalue weighted by Crippen LogP contribution is -2.13. The summed E-state index contributed by atoms with van der Waals surface area (Å²) in [7, 11) is 3.50. The number of anilines is 1. The Balaban J connectivity index is 2.44. The maximum absolute atomic E-state index is 11.3. The molecule has 0 bridgehead atoms. The average Bonchev–Trinajstić information content (AvgIpc) is 2.73. The first-order valence-electron chi connectivity index (χ1n) is 5.91. The molecule has 0 saturated heterocycles. The van der Waals surface area contributed by atoms with Gasteiger partial charge in [-0.1, -0.05) is 6.92 Å². The van der Waals surface area contributed by atoms with Gasteiger partial charge in [-0.25, -0.2) is 19.9 Å². The van der Waals surface area contributed by atoms with Crippen molar-refractivity contribution in [1.82, 2.24) is 24.7 Å². The summed E-state index contributed by atoms with van der Waals surface area (Å²) in [5, 5.41) is 10.8. The Kier molecular flexibility index (Phi) is 3.89. The normalized spacial score (nSPS) is 10.7. The van der Waals surface area contributed by atoms with E-state index < -0.39 is 0 Å². The van der Waals surface area contributed by atoms with Crippen molar-refractivity contribution in [2.45, 2.75) is 30.5 Å². The average molecular weight is 280 g/mol. The molecule has 8 heteroatoms. The van der Waals surface area contributed by atoms with Gasteiger partial charge >= 0.3 is 5.69 Å². The van der Waals surface area contributed by atoms with E-state index >= 15 is 0 Å². The predicted molar refractivity (Wildman–Crippen MR) is 73.6 cm³/mol. The van der Waals surface area contributed by atoms with Crippen LogP contribution in [-0.4, -0.2) is 31.8 Å². The van der Waals surface area contributed by atoms with Crippen molar-refractivity contribution in [1.29, 1.82) is 0 Å². The molecule has 0 aliphatic carbocycles. The van der Waals surface area contributed by atoms with Crippen LogP contribution in [0.25, 0.3) is 0 Å². The van der Waals surface area contributed by atoms with Crippen LogP contribution in [0.5, 0.6) is 0 Å². The van der Waals surface area contributed by atoms with Gasteiger partial charge in [0.05, 0.1) is 0 Å². The maximum atomic E-state index is 11.3. The highest BCUT2D eigenvalue weighted by Gasteiger charge is 2.14. The molecule has 2 aromatic rings. The van der Waals surface area contributed by atoms with Crippen molar-refractivity contribution >= 4 is 17.6 Å².